The van der Waals surface area contributed by atoms with Crippen LogP contribution in [0.4, 0.5) is 0 Å². The van der Waals surface area contributed by atoms with E-state index in [1.807, 2.05) is 0 Å². The molecule has 160 valence electrons. The lowest BCUT2D eigenvalue weighted by Crippen LogP contribution is -1.99. The highest BCUT2D eigenvalue weighted by molar-refractivity contribution is 5.55. The molecule has 0 aliphatic carbocycles. The molecule has 0 atom stereocenters. The van der Waals surface area contributed by atoms with Crippen molar-refractivity contribution in [2.24, 2.45) is 0 Å². The van der Waals surface area contributed by atoms with E-state index in [-0.39, 0.29) is 0 Å². The van der Waals surface area contributed by atoms with Crippen LogP contribution in [0.5, 0.6) is 5.75 Å². The maximum Gasteiger partial charge on any atom is 0.159 e. The van der Waals surface area contributed by atoms with Gasteiger partial charge >= 0.3 is 0 Å². The zero-order valence-electron chi connectivity index (χ0n) is 18.7. The molecule has 3 heteroatoms. The van der Waals surface area contributed by atoms with Crippen molar-refractivity contribution in [3.05, 3.63) is 42.2 Å². The second-order valence-electron chi connectivity index (χ2n) is 8.07. The highest BCUT2D eigenvalue weighted by atomic mass is 16.5. The van der Waals surface area contributed by atoms with E-state index in [0.717, 1.165) is 30.2 Å². The first kappa shape index (κ1) is 23.4. The van der Waals surface area contributed by atoms with E-state index in [4.69, 9.17) is 4.74 Å². The van der Waals surface area contributed by atoms with Gasteiger partial charge in [-0.2, -0.15) is 0 Å². The topological polar surface area (TPSA) is 35.0 Å². The van der Waals surface area contributed by atoms with Crippen LogP contribution in [0.3, 0.4) is 0 Å². The number of benzene rings is 1. The molecule has 1 aromatic carbocycles. The van der Waals surface area contributed by atoms with E-state index < -0.39 is 0 Å². The van der Waals surface area contributed by atoms with Crippen molar-refractivity contribution < 1.29 is 4.74 Å². The quantitative estimate of drug-likeness (QED) is 0.272. The lowest BCUT2D eigenvalue weighted by atomic mass is 10.0. The fraction of sp³-hybridized carbons (Fsp3) is 0.615. The van der Waals surface area contributed by atoms with Crippen molar-refractivity contribution in [3.63, 3.8) is 0 Å². The van der Waals surface area contributed by atoms with Gasteiger partial charge in [0, 0.05) is 5.56 Å². The van der Waals surface area contributed by atoms with Crippen LogP contribution >= 0.6 is 0 Å². The Hall–Kier alpha value is -1.90. The summed E-state index contributed by atoms with van der Waals surface area (Å²) in [6.45, 7) is 5.27. The minimum atomic E-state index is 0.752. The lowest BCUT2D eigenvalue weighted by Gasteiger charge is -2.07. The minimum Gasteiger partial charge on any atom is -0.490 e. The summed E-state index contributed by atoms with van der Waals surface area (Å²) in [6.07, 6.45) is 20.4. The third-order valence-corrected chi connectivity index (χ3v) is 5.43. The Morgan fingerprint density at radius 2 is 1.21 bits per heavy atom. The molecule has 1 heterocycles. The van der Waals surface area contributed by atoms with Crippen LogP contribution in [0, 0.1) is 0 Å². The monoisotopic (exact) mass is 396 g/mol. The molecule has 0 radical (unpaired) electrons. The highest BCUT2D eigenvalue weighted by Crippen LogP contribution is 2.19. The SMILES string of the molecule is CCCCCCCCOc1cnc(-c2ccc(CCCCCCCC)cc2)nc1. The van der Waals surface area contributed by atoms with Crippen LogP contribution in [0.15, 0.2) is 36.7 Å². The summed E-state index contributed by atoms with van der Waals surface area (Å²) < 4.78 is 5.78. The van der Waals surface area contributed by atoms with Gasteiger partial charge in [-0.3, -0.25) is 0 Å². The number of ether oxygens (including phenoxy) is 1. The van der Waals surface area contributed by atoms with E-state index in [9.17, 15) is 0 Å². The molecular weight excluding hydrogens is 356 g/mol. The van der Waals surface area contributed by atoms with Gasteiger partial charge in [-0.1, -0.05) is 102 Å². The smallest absolute Gasteiger partial charge is 0.159 e. The van der Waals surface area contributed by atoms with Crippen molar-refractivity contribution >= 4 is 0 Å². The van der Waals surface area contributed by atoms with Crippen molar-refractivity contribution in [2.45, 2.75) is 97.3 Å². The largest absolute Gasteiger partial charge is 0.490 e. The number of rotatable bonds is 16. The van der Waals surface area contributed by atoms with Gasteiger partial charge in [0.25, 0.3) is 0 Å². The fourth-order valence-electron chi connectivity index (χ4n) is 3.54. The van der Waals surface area contributed by atoms with Gasteiger partial charge in [0.1, 0.15) is 0 Å². The predicted molar refractivity (Wildman–Crippen MR) is 123 cm³/mol. The molecular formula is C26H40N2O. The van der Waals surface area contributed by atoms with E-state index in [0.29, 0.717) is 0 Å². The minimum absolute atomic E-state index is 0.752. The van der Waals surface area contributed by atoms with Crippen molar-refractivity contribution in [1.82, 2.24) is 9.97 Å². The first-order valence-corrected chi connectivity index (χ1v) is 11.9. The normalized spacial score (nSPS) is 11.0. The molecule has 0 unspecified atom stereocenters. The molecule has 29 heavy (non-hydrogen) atoms. The van der Waals surface area contributed by atoms with Crippen molar-refractivity contribution in [3.8, 4) is 17.1 Å². The first-order valence-electron chi connectivity index (χ1n) is 11.9. The second-order valence-corrected chi connectivity index (χ2v) is 8.07. The molecule has 0 amide bonds. The van der Waals surface area contributed by atoms with E-state index >= 15 is 0 Å². The number of aryl methyl sites for hydroxylation is 1. The Bertz CT molecular complexity index is 637. The van der Waals surface area contributed by atoms with E-state index in [1.54, 1.807) is 12.4 Å². The average Bonchev–Trinajstić information content (AvgIpc) is 2.76. The molecule has 0 fully saturated rings. The standard InChI is InChI=1S/C26H40N2O/c1-3-5-7-9-11-13-15-23-16-18-24(19-17-23)26-27-21-25(22-28-26)29-20-14-12-10-8-6-4-2/h16-19,21-22H,3-15,20H2,1-2H3. The Balaban J connectivity index is 1.68. The zero-order valence-corrected chi connectivity index (χ0v) is 18.7. The molecule has 0 N–H and O–H groups in total. The molecule has 1 aromatic heterocycles. The van der Waals surface area contributed by atoms with Crippen molar-refractivity contribution in [1.29, 1.82) is 0 Å². The van der Waals surface area contributed by atoms with Gasteiger partial charge in [-0.05, 0) is 24.8 Å². The van der Waals surface area contributed by atoms with Crippen molar-refractivity contribution in [2.75, 3.05) is 6.61 Å². The third-order valence-electron chi connectivity index (χ3n) is 5.43. The number of aromatic nitrogens is 2. The lowest BCUT2D eigenvalue weighted by molar-refractivity contribution is 0.302. The average molecular weight is 397 g/mol. The molecule has 0 bridgehead atoms. The van der Waals surface area contributed by atoms with Crippen LogP contribution < -0.4 is 4.74 Å². The Labute approximate surface area is 178 Å². The highest BCUT2D eigenvalue weighted by Gasteiger charge is 2.03. The van der Waals surface area contributed by atoms with Crippen LogP contribution in [0.25, 0.3) is 11.4 Å². The molecule has 0 aliphatic heterocycles. The maximum absolute atomic E-state index is 5.78. The van der Waals surface area contributed by atoms with Gasteiger partial charge in [0.2, 0.25) is 0 Å². The molecule has 2 aromatic rings. The summed E-state index contributed by atoms with van der Waals surface area (Å²) >= 11 is 0. The molecule has 0 saturated carbocycles. The molecule has 0 spiro atoms. The van der Waals surface area contributed by atoms with Gasteiger partial charge in [-0.25, -0.2) is 9.97 Å². The van der Waals surface area contributed by atoms with E-state index in [1.165, 1.54) is 82.6 Å². The number of hydrogen-bond donors (Lipinski definition) is 0. The van der Waals surface area contributed by atoms with Gasteiger partial charge in [0.15, 0.2) is 11.6 Å². The number of nitrogens with zero attached hydrogens (tertiary/aromatic N) is 2. The summed E-state index contributed by atoms with van der Waals surface area (Å²) in [7, 11) is 0. The Kier molecular flexibility index (Phi) is 12.1. The predicted octanol–water partition coefficient (Wildman–Crippen LogP) is 7.79. The third kappa shape index (κ3) is 9.92. The summed E-state index contributed by atoms with van der Waals surface area (Å²) in [4.78, 5) is 8.97. The molecule has 2 rings (SSSR count). The van der Waals surface area contributed by atoms with E-state index in [2.05, 4.69) is 48.1 Å². The fourth-order valence-corrected chi connectivity index (χ4v) is 3.54. The van der Waals surface area contributed by atoms with Crippen LogP contribution in [0.1, 0.15) is 96.5 Å². The number of unbranched alkanes of at least 4 members (excludes halogenated alkanes) is 10. The Morgan fingerprint density at radius 1 is 0.655 bits per heavy atom. The number of hydrogen-bond acceptors (Lipinski definition) is 3. The molecule has 0 saturated heterocycles. The Morgan fingerprint density at radius 3 is 1.83 bits per heavy atom. The van der Waals surface area contributed by atoms with Gasteiger partial charge in [0.05, 0.1) is 19.0 Å². The summed E-state index contributed by atoms with van der Waals surface area (Å²) in [5, 5.41) is 0. The van der Waals surface area contributed by atoms with Crippen LogP contribution in [-0.2, 0) is 6.42 Å². The zero-order chi connectivity index (χ0) is 20.6. The second kappa shape index (κ2) is 15.0. The molecule has 0 aliphatic rings. The molecule has 3 nitrogen and oxygen atoms in total. The van der Waals surface area contributed by atoms with Crippen LogP contribution in [0.2, 0.25) is 0 Å². The van der Waals surface area contributed by atoms with Crippen LogP contribution in [-0.4, -0.2) is 16.6 Å². The summed E-state index contributed by atoms with van der Waals surface area (Å²) in [6, 6.07) is 8.71. The maximum atomic E-state index is 5.78. The van der Waals surface area contributed by atoms with Gasteiger partial charge in [-0.15, -0.1) is 0 Å². The first-order chi connectivity index (χ1) is 14.3. The van der Waals surface area contributed by atoms with Gasteiger partial charge < -0.3 is 4.74 Å². The summed E-state index contributed by atoms with van der Waals surface area (Å²) in [5.41, 5.74) is 2.47. The summed E-state index contributed by atoms with van der Waals surface area (Å²) in [5.74, 6) is 1.53.